The average Bonchev–Trinajstić information content (AvgIpc) is 3.86. The van der Waals surface area contributed by atoms with E-state index in [1.165, 1.54) is 68.2 Å². The normalized spacial score (nSPS) is 11.6. The topological polar surface area (TPSA) is 38.7 Å². The molecule has 262 valence electrons. The second-order valence-corrected chi connectivity index (χ2v) is 16.0. The van der Waals surface area contributed by atoms with Gasteiger partial charge in [0.25, 0.3) is 0 Å². The number of benzene rings is 8. The third kappa shape index (κ3) is 5.60. The molecule has 11 rings (SSSR count). The van der Waals surface area contributed by atoms with E-state index in [-0.39, 0.29) is 0 Å². The Morgan fingerprint density at radius 3 is 1.55 bits per heavy atom. The molecule has 0 amide bonds. The van der Waals surface area contributed by atoms with Crippen LogP contribution in [0, 0.1) is 0 Å². The van der Waals surface area contributed by atoms with Crippen LogP contribution in [0.5, 0.6) is 0 Å². The van der Waals surface area contributed by atoms with Crippen LogP contribution in [0.25, 0.3) is 108 Å². The first kappa shape index (κ1) is 32.6. The van der Waals surface area contributed by atoms with Crippen LogP contribution in [-0.4, -0.2) is 15.0 Å². The molecule has 0 atom stereocenters. The lowest BCUT2D eigenvalue weighted by molar-refractivity contribution is 1.08. The van der Waals surface area contributed by atoms with Gasteiger partial charge < -0.3 is 0 Å². The molecule has 0 bridgehead atoms. The zero-order chi connectivity index (χ0) is 37.0. The Morgan fingerprint density at radius 2 is 0.804 bits per heavy atom. The van der Waals surface area contributed by atoms with E-state index in [4.69, 9.17) is 15.0 Å². The number of hydrogen-bond acceptors (Lipinski definition) is 5. The highest BCUT2D eigenvalue weighted by molar-refractivity contribution is 7.26. The fourth-order valence-corrected chi connectivity index (χ4v) is 10.3. The predicted octanol–water partition coefficient (Wildman–Crippen LogP) is 14.6. The molecule has 3 heterocycles. The van der Waals surface area contributed by atoms with Gasteiger partial charge in [-0.2, -0.15) is 0 Å². The molecule has 3 aromatic heterocycles. The average molecular weight is 750 g/mol. The molecule has 5 heteroatoms. The molecule has 0 aliphatic rings. The third-order valence-corrected chi connectivity index (χ3v) is 13.0. The second-order valence-electron chi connectivity index (χ2n) is 13.9. The van der Waals surface area contributed by atoms with Crippen LogP contribution in [0.15, 0.2) is 188 Å². The van der Waals surface area contributed by atoms with E-state index < -0.39 is 0 Å². The van der Waals surface area contributed by atoms with Gasteiger partial charge >= 0.3 is 0 Å². The van der Waals surface area contributed by atoms with Gasteiger partial charge in [-0.25, -0.2) is 15.0 Å². The fourth-order valence-electron chi connectivity index (χ4n) is 7.84. The Hall–Kier alpha value is -6.79. The van der Waals surface area contributed by atoms with Crippen molar-refractivity contribution >= 4 is 63.0 Å². The Bertz CT molecular complexity index is 3220. The summed E-state index contributed by atoms with van der Waals surface area (Å²) in [5.74, 6) is 1.98. The van der Waals surface area contributed by atoms with Crippen LogP contribution in [0.2, 0.25) is 0 Å². The summed E-state index contributed by atoms with van der Waals surface area (Å²) in [5.41, 5.74) is 10.2. The molecule has 0 unspecified atom stereocenters. The first-order chi connectivity index (χ1) is 27.7. The highest BCUT2D eigenvalue weighted by atomic mass is 32.1. The maximum Gasteiger partial charge on any atom is 0.165 e. The summed E-state index contributed by atoms with van der Waals surface area (Å²) in [6, 6.07) is 66.7. The monoisotopic (exact) mass is 749 g/mol. The number of thiophene rings is 2. The van der Waals surface area contributed by atoms with E-state index >= 15 is 0 Å². The smallest absolute Gasteiger partial charge is 0.165 e. The zero-order valence-electron chi connectivity index (χ0n) is 30.1. The molecule has 0 radical (unpaired) electrons. The summed E-state index contributed by atoms with van der Waals surface area (Å²) in [7, 11) is 0. The van der Waals surface area contributed by atoms with Crippen LogP contribution < -0.4 is 0 Å². The van der Waals surface area contributed by atoms with Gasteiger partial charge in [-0.3, -0.25) is 0 Å². The van der Waals surface area contributed by atoms with Crippen molar-refractivity contribution in [3.8, 4) is 67.5 Å². The lowest BCUT2D eigenvalue weighted by Crippen LogP contribution is -2.00. The van der Waals surface area contributed by atoms with Crippen LogP contribution in [0.4, 0.5) is 0 Å². The molecule has 0 N–H and O–H groups in total. The van der Waals surface area contributed by atoms with Crippen molar-refractivity contribution in [2.75, 3.05) is 0 Å². The van der Waals surface area contributed by atoms with Crippen molar-refractivity contribution in [3.63, 3.8) is 0 Å². The van der Waals surface area contributed by atoms with Crippen LogP contribution in [0.3, 0.4) is 0 Å². The Balaban J connectivity index is 1.06. The molecule has 0 saturated heterocycles. The van der Waals surface area contributed by atoms with Crippen LogP contribution in [-0.2, 0) is 0 Å². The molecule has 56 heavy (non-hydrogen) atoms. The van der Waals surface area contributed by atoms with Crippen LogP contribution in [0.1, 0.15) is 0 Å². The highest BCUT2D eigenvalue weighted by Crippen LogP contribution is 2.47. The Kier molecular flexibility index (Phi) is 7.87. The van der Waals surface area contributed by atoms with Crippen molar-refractivity contribution in [2.24, 2.45) is 0 Å². The molecule has 0 aliphatic carbocycles. The Labute approximate surface area is 331 Å². The second kappa shape index (κ2) is 13.5. The minimum Gasteiger partial charge on any atom is -0.208 e. The fraction of sp³-hybridized carbons (Fsp3) is 0. The first-order valence-corrected chi connectivity index (χ1v) is 20.3. The summed E-state index contributed by atoms with van der Waals surface area (Å²) in [6.07, 6.45) is 0. The van der Waals surface area contributed by atoms with Gasteiger partial charge in [-0.15, -0.1) is 22.7 Å². The van der Waals surface area contributed by atoms with Gasteiger partial charge in [0.15, 0.2) is 17.5 Å². The number of fused-ring (bicyclic) bond motifs is 6. The van der Waals surface area contributed by atoms with Gasteiger partial charge in [0.05, 0.1) is 0 Å². The third-order valence-electron chi connectivity index (χ3n) is 10.6. The minimum absolute atomic E-state index is 0.653. The standard InChI is InChI=1S/C51H31N3S2/c1-4-13-32(14-5-1)33-23-25-36(26-24-33)50-52-49(35-17-8-3-9-18-35)53-51(54-50)42-21-12-20-40-43-31-37(27-30-45(43)55-47(40)42)38-28-29-39(34-15-6-2-7-16-34)48-46(38)41-19-10-11-22-44(41)56-48/h1-31H. The first-order valence-electron chi connectivity index (χ1n) is 18.7. The highest BCUT2D eigenvalue weighted by Gasteiger charge is 2.19. The summed E-state index contributed by atoms with van der Waals surface area (Å²) in [5, 5.41) is 5.05. The van der Waals surface area contributed by atoms with Gasteiger partial charge in [0, 0.05) is 57.0 Å². The van der Waals surface area contributed by atoms with Crippen molar-refractivity contribution in [3.05, 3.63) is 188 Å². The van der Waals surface area contributed by atoms with Crippen LogP contribution >= 0.6 is 22.7 Å². The van der Waals surface area contributed by atoms with Crippen molar-refractivity contribution in [1.29, 1.82) is 0 Å². The lowest BCUT2D eigenvalue weighted by Gasteiger charge is -2.10. The number of rotatable bonds is 6. The number of nitrogens with zero attached hydrogens (tertiary/aromatic N) is 3. The molecule has 3 nitrogen and oxygen atoms in total. The largest absolute Gasteiger partial charge is 0.208 e. The summed E-state index contributed by atoms with van der Waals surface area (Å²) in [4.78, 5) is 15.3. The molecule has 0 fully saturated rings. The zero-order valence-corrected chi connectivity index (χ0v) is 31.7. The van der Waals surface area contributed by atoms with E-state index in [1.807, 2.05) is 35.6 Å². The molecular formula is C51H31N3S2. The summed E-state index contributed by atoms with van der Waals surface area (Å²) < 4.78 is 5.03. The quantitative estimate of drug-likeness (QED) is 0.170. The summed E-state index contributed by atoms with van der Waals surface area (Å²) >= 11 is 3.68. The van der Waals surface area contributed by atoms with Crippen molar-refractivity contribution in [1.82, 2.24) is 15.0 Å². The van der Waals surface area contributed by atoms with Gasteiger partial charge in [-0.05, 0) is 57.6 Å². The van der Waals surface area contributed by atoms with Gasteiger partial charge in [-0.1, -0.05) is 164 Å². The van der Waals surface area contributed by atoms with Gasteiger partial charge in [0.2, 0.25) is 0 Å². The SMILES string of the molecule is c1ccc(-c2ccc(-c3nc(-c4ccccc4)nc(-c4cccc5c4sc4ccc(-c6ccc(-c7ccccc7)c7sc8ccccc8c67)cc45)n3)cc2)cc1. The van der Waals surface area contributed by atoms with E-state index in [0.717, 1.165) is 22.3 Å². The van der Waals surface area contributed by atoms with Crippen molar-refractivity contribution in [2.45, 2.75) is 0 Å². The molecule has 11 aromatic rings. The molecule has 0 spiro atoms. The van der Waals surface area contributed by atoms with E-state index in [0.29, 0.717) is 17.5 Å². The van der Waals surface area contributed by atoms with Crippen molar-refractivity contribution < 1.29 is 0 Å². The molecular weight excluding hydrogens is 719 g/mol. The molecule has 8 aromatic carbocycles. The molecule has 0 saturated carbocycles. The maximum absolute atomic E-state index is 5.16. The predicted molar refractivity (Wildman–Crippen MR) is 238 cm³/mol. The molecule has 0 aliphatic heterocycles. The number of hydrogen-bond donors (Lipinski definition) is 0. The lowest BCUT2D eigenvalue weighted by atomic mass is 9.94. The van der Waals surface area contributed by atoms with E-state index in [9.17, 15) is 0 Å². The number of aromatic nitrogens is 3. The van der Waals surface area contributed by atoms with Gasteiger partial charge in [0.1, 0.15) is 0 Å². The van der Waals surface area contributed by atoms with E-state index in [1.54, 1.807) is 11.3 Å². The minimum atomic E-state index is 0.653. The maximum atomic E-state index is 5.16. The Morgan fingerprint density at radius 1 is 0.286 bits per heavy atom. The summed E-state index contributed by atoms with van der Waals surface area (Å²) in [6.45, 7) is 0. The van der Waals surface area contributed by atoms with E-state index in [2.05, 4.69) is 164 Å².